The van der Waals surface area contributed by atoms with E-state index in [0.717, 1.165) is 11.1 Å². The molecule has 0 heterocycles. The van der Waals surface area contributed by atoms with Crippen molar-refractivity contribution >= 4 is 6.08 Å². The zero-order chi connectivity index (χ0) is 10.4. The van der Waals surface area contributed by atoms with Crippen LogP contribution in [0.3, 0.4) is 0 Å². The average molecular weight is 191 g/mol. The molecule has 0 saturated carbocycles. The van der Waals surface area contributed by atoms with Crippen molar-refractivity contribution in [1.29, 1.82) is 0 Å². The summed E-state index contributed by atoms with van der Waals surface area (Å²) in [4.78, 5) is 13.5. The van der Waals surface area contributed by atoms with E-state index in [0.29, 0.717) is 6.54 Å². The van der Waals surface area contributed by atoms with Crippen molar-refractivity contribution in [3.8, 4) is 0 Å². The van der Waals surface area contributed by atoms with Crippen molar-refractivity contribution in [1.82, 2.24) is 0 Å². The van der Waals surface area contributed by atoms with Gasteiger partial charge in [0, 0.05) is 7.11 Å². The fourth-order valence-electron chi connectivity index (χ4n) is 1.37. The third kappa shape index (κ3) is 2.52. The first kappa shape index (κ1) is 10.6. The molecule has 0 fully saturated rings. The number of benzene rings is 1. The second-order valence-electron chi connectivity index (χ2n) is 3.01. The average Bonchev–Trinajstić information content (AvgIpc) is 2.21. The molecule has 3 nitrogen and oxygen atoms in total. The predicted molar refractivity (Wildman–Crippen MR) is 53.9 cm³/mol. The van der Waals surface area contributed by atoms with Crippen molar-refractivity contribution in [2.24, 2.45) is 4.99 Å². The molecule has 0 radical (unpaired) electrons. The number of hydrogen-bond donors (Lipinski definition) is 0. The van der Waals surface area contributed by atoms with Crippen molar-refractivity contribution in [3.05, 3.63) is 35.4 Å². The topological polar surface area (TPSA) is 38.7 Å². The van der Waals surface area contributed by atoms with E-state index in [2.05, 4.69) is 4.99 Å². The predicted octanol–water partition coefficient (Wildman–Crippen LogP) is 2.02. The normalized spacial score (nSPS) is 11.9. The number of aliphatic imine (C=N–C) groups is 1. The minimum Gasteiger partial charge on any atom is -0.375 e. The zero-order valence-corrected chi connectivity index (χ0v) is 8.36. The minimum absolute atomic E-state index is 0.155. The zero-order valence-electron chi connectivity index (χ0n) is 8.36. The van der Waals surface area contributed by atoms with Crippen LogP contribution in [-0.4, -0.2) is 19.7 Å². The third-order valence-electron chi connectivity index (χ3n) is 2.14. The van der Waals surface area contributed by atoms with Crippen LogP contribution >= 0.6 is 0 Å². The van der Waals surface area contributed by atoms with Gasteiger partial charge in [0.1, 0.15) is 6.10 Å². The number of nitrogens with zero attached hydrogens (tertiary/aromatic N) is 1. The Labute approximate surface area is 83.4 Å². The van der Waals surface area contributed by atoms with Crippen molar-refractivity contribution in [2.75, 3.05) is 13.7 Å². The number of isocyanates is 1. The highest BCUT2D eigenvalue weighted by molar-refractivity contribution is 5.34. The summed E-state index contributed by atoms with van der Waals surface area (Å²) in [5, 5.41) is 0. The third-order valence-corrected chi connectivity index (χ3v) is 2.14. The summed E-state index contributed by atoms with van der Waals surface area (Å²) in [6.45, 7) is 2.33. The second kappa shape index (κ2) is 5.32. The summed E-state index contributed by atoms with van der Waals surface area (Å²) in [5.41, 5.74) is 2.20. The van der Waals surface area contributed by atoms with Crippen LogP contribution in [0.1, 0.15) is 17.2 Å². The molecule has 1 aromatic rings. The summed E-state index contributed by atoms with van der Waals surface area (Å²) in [5.74, 6) is 0. The second-order valence-corrected chi connectivity index (χ2v) is 3.01. The van der Waals surface area contributed by atoms with Crippen molar-refractivity contribution in [2.45, 2.75) is 13.0 Å². The lowest BCUT2D eigenvalue weighted by Gasteiger charge is -2.14. The van der Waals surface area contributed by atoms with Crippen LogP contribution in [0.4, 0.5) is 0 Å². The SMILES string of the molecule is COC(CN=C=O)c1ccccc1C. The molecule has 0 saturated heterocycles. The molecular weight excluding hydrogens is 178 g/mol. The first-order chi connectivity index (χ1) is 6.79. The molecule has 0 amide bonds. The smallest absolute Gasteiger partial charge is 0.235 e. The van der Waals surface area contributed by atoms with Gasteiger partial charge in [-0.2, -0.15) is 0 Å². The van der Waals surface area contributed by atoms with Crippen LogP contribution in [0, 0.1) is 6.92 Å². The summed E-state index contributed by atoms with van der Waals surface area (Å²) >= 11 is 0. The summed E-state index contributed by atoms with van der Waals surface area (Å²) in [6, 6.07) is 7.89. The Morgan fingerprint density at radius 1 is 1.50 bits per heavy atom. The van der Waals surface area contributed by atoms with Gasteiger partial charge in [-0.05, 0) is 18.1 Å². The monoisotopic (exact) mass is 191 g/mol. The Kier molecular flexibility index (Phi) is 4.05. The van der Waals surface area contributed by atoms with Gasteiger partial charge in [0.2, 0.25) is 6.08 Å². The molecule has 0 N–H and O–H groups in total. The molecule has 1 atom stereocenters. The van der Waals surface area contributed by atoms with Crippen LogP contribution in [0.15, 0.2) is 29.3 Å². The molecule has 74 valence electrons. The quantitative estimate of drug-likeness (QED) is 0.539. The molecule has 0 aliphatic heterocycles. The van der Waals surface area contributed by atoms with E-state index in [1.165, 1.54) is 6.08 Å². The van der Waals surface area contributed by atoms with Crippen LogP contribution in [0.2, 0.25) is 0 Å². The minimum atomic E-state index is -0.155. The van der Waals surface area contributed by atoms with Gasteiger partial charge in [0.05, 0.1) is 6.54 Å². The van der Waals surface area contributed by atoms with Crippen molar-refractivity contribution in [3.63, 3.8) is 0 Å². The number of carbonyl (C=O) groups excluding carboxylic acids is 1. The molecular formula is C11H13NO2. The molecule has 0 aromatic heterocycles. The lowest BCUT2D eigenvalue weighted by atomic mass is 10.0. The maximum atomic E-state index is 9.99. The van der Waals surface area contributed by atoms with E-state index in [-0.39, 0.29) is 6.10 Å². The van der Waals surface area contributed by atoms with Gasteiger partial charge < -0.3 is 4.74 Å². The van der Waals surface area contributed by atoms with E-state index in [1.807, 2.05) is 31.2 Å². The maximum absolute atomic E-state index is 9.99. The molecule has 0 spiro atoms. The first-order valence-corrected chi connectivity index (χ1v) is 4.41. The van der Waals surface area contributed by atoms with E-state index in [4.69, 9.17) is 4.74 Å². The molecule has 14 heavy (non-hydrogen) atoms. The van der Waals surface area contributed by atoms with Gasteiger partial charge in [-0.15, -0.1) is 0 Å². The molecule has 0 aliphatic rings. The highest BCUT2D eigenvalue weighted by Gasteiger charge is 2.11. The molecule has 1 rings (SSSR count). The van der Waals surface area contributed by atoms with Gasteiger partial charge in [0.25, 0.3) is 0 Å². The Morgan fingerprint density at radius 3 is 2.79 bits per heavy atom. The van der Waals surface area contributed by atoms with E-state index >= 15 is 0 Å². The summed E-state index contributed by atoms with van der Waals surface area (Å²) in [6.07, 6.45) is 1.36. The molecule has 0 bridgehead atoms. The molecule has 1 unspecified atom stereocenters. The Bertz CT molecular complexity index is 343. The summed E-state index contributed by atoms with van der Waals surface area (Å²) in [7, 11) is 1.61. The van der Waals surface area contributed by atoms with Crippen LogP contribution < -0.4 is 0 Å². The number of rotatable bonds is 4. The highest BCUT2D eigenvalue weighted by Crippen LogP contribution is 2.20. The van der Waals surface area contributed by atoms with E-state index in [1.54, 1.807) is 7.11 Å². The van der Waals surface area contributed by atoms with E-state index in [9.17, 15) is 4.79 Å². The fourth-order valence-corrected chi connectivity index (χ4v) is 1.37. The largest absolute Gasteiger partial charge is 0.375 e. The number of methoxy groups -OCH3 is 1. The number of ether oxygens (including phenoxy) is 1. The van der Waals surface area contributed by atoms with Crippen molar-refractivity contribution < 1.29 is 9.53 Å². The van der Waals surface area contributed by atoms with Gasteiger partial charge in [0.15, 0.2) is 0 Å². The maximum Gasteiger partial charge on any atom is 0.235 e. The van der Waals surface area contributed by atoms with Crippen LogP contribution in [0.25, 0.3) is 0 Å². The Morgan fingerprint density at radius 2 is 2.21 bits per heavy atom. The molecule has 3 heteroatoms. The molecule has 0 aliphatic carbocycles. The van der Waals surface area contributed by atoms with Crippen LogP contribution in [-0.2, 0) is 9.53 Å². The van der Waals surface area contributed by atoms with Gasteiger partial charge >= 0.3 is 0 Å². The Hall–Kier alpha value is -1.44. The van der Waals surface area contributed by atoms with E-state index < -0.39 is 0 Å². The highest BCUT2D eigenvalue weighted by atomic mass is 16.5. The standard InChI is InChI=1S/C11H13NO2/c1-9-5-3-4-6-10(9)11(14-2)7-12-8-13/h3-6,11H,7H2,1-2H3. The van der Waals surface area contributed by atoms with Gasteiger partial charge in [-0.3, -0.25) is 0 Å². The summed E-state index contributed by atoms with van der Waals surface area (Å²) < 4.78 is 5.25. The lowest BCUT2D eigenvalue weighted by molar-refractivity contribution is 0.110. The van der Waals surface area contributed by atoms with Gasteiger partial charge in [-0.1, -0.05) is 24.3 Å². The fraction of sp³-hybridized carbons (Fsp3) is 0.364. The van der Waals surface area contributed by atoms with Gasteiger partial charge in [-0.25, -0.2) is 9.79 Å². The lowest BCUT2D eigenvalue weighted by Crippen LogP contribution is -2.06. The van der Waals surface area contributed by atoms with Crippen LogP contribution in [0.5, 0.6) is 0 Å². The first-order valence-electron chi connectivity index (χ1n) is 4.41. The molecule has 1 aromatic carbocycles. The number of hydrogen-bond acceptors (Lipinski definition) is 3. The Balaban J connectivity index is 2.88. The number of aryl methyl sites for hydroxylation is 1.